The molecule has 8 heterocycles. The largest absolute Gasteiger partial charge is 0.416 e. The van der Waals surface area contributed by atoms with Crippen molar-refractivity contribution in [2.75, 3.05) is 71.8 Å². The van der Waals surface area contributed by atoms with Gasteiger partial charge in [0.15, 0.2) is 0 Å². The summed E-state index contributed by atoms with van der Waals surface area (Å²) in [6, 6.07) is 23.5. The molecule has 0 radical (unpaired) electrons. The van der Waals surface area contributed by atoms with Gasteiger partial charge in [-0.15, -0.1) is 0 Å². The number of aromatic nitrogens is 4. The normalized spacial score (nSPS) is 16.2. The molecule has 0 saturated carbocycles. The van der Waals surface area contributed by atoms with Gasteiger partial charge in [-0.2, -0.15) is 35.9 Å². The zero-order valence-corrected chi connectivity index (χ0v) is 48.4. The monoisotopic (exact) mass is 1200 g/mol. The van der Waals surface area contributed by atoms with Gasteiger partial charge in [-0.25, -0.2) is 13.2 Å². The van der Waals surface area contributed by atoms with Gasteiger partial charge in [0.2, 0.25) is 21.8 Å². The van der Waals surface area contributed by atoms with Crippen LogP contribution < -0.4 is 5.32 Å². The summed E-state index contributed by atoms with van der Waals surface area (Å²) in [6.45, 7) is 8.21. The first-order valence-corrected chi connectivity index (χ1v) is 30.0. The molecule has 452 valence electrons. The van der Waals surface area contributed by atoms with E-state index >= 15 is 0 Å². The number of para-hydroxylation sites is 1. The molecule has 16 nitrogen and oxygen atoms in total. The number of H-pyrrole nitrogens is 4. The summed E-state index contributed by atoms with van der Waals surface area (Å²) in [5.74, 6) is 0.651. The Bertz CT molecular complexity index is 4040. The second-order valence-electron chi connectivity index (χ2n) is 21.5. The number of nitriles is 1. The first kappa shape index (κ1) is 62.0. The third-order valence-corrected chi connectivity index (χ3v) is 17.3. The molecule has 1 saturated heterocycles. The summed E-state index contributed by atoms with van der Waals surface area (Å²) < 4.78 is 101. The number of nitrogens with zero attached hydrogens (tertiary/aromatic N) is 5. The predicted molar refractivity (Wildman–Crippen MR) is 321 cm³/mol. The van der Waals surface area contributed by atoms with Crippen LogP contribution in [0.5, 0.6) is 0 Å². The molecule has 23 heteroatoms. The molecule has 4 amide bonds. The molecular weight excluding hydrogens is 1140 g/mol. The molecule has 4 aromatic carbocycles. The Balaban J connectivity index is 0.000000137. The molecule has 0 atom stereocenters. The zero-order valence-electron chi connectivity index (χ0n) is 47.6. The average Bonchev–Trinajstić information content (AvgIpc) is 2.24. The molecule has 4 aromatic heterocycles. The van der Waals surface area contributed by atoms with Crippen LogP contribution in [0.2, 0.25) is 0 Å². The lowest BCUT2D eigenvalue weighted by Crippen LogP contribution is -2.44. The minimum absolute atomic E-state index is 0.0163. The lowest BCUT2D eigenvalue weighted by atomic mass is 9.89. The molecule has 0 aliphatic carbocycles. The number of aliphatic hydroxyl groups excluding tert-OH is 1. The van der Waals surface area contributed by atoms with Crippen LogP contribution in [0.15, 0.2) is 122 Å². The minimum Gasteiger partial charge on any atom is -0.395 e. The fourth-order valence-corrected chi connectivity index (χ4v) is 12.1. The molecule has 0 spiro atoms. The number of likely N-dealkylation sites (tertiary alicyclic amines) is 1. The van der Waals surface area contributed by atoms with Crippen molar-refractivity contribution in [2.24, 2.45) is 0 Å². The molecule has 1 fully saturated rings. The van der Waals surface area contributed by atoms with Crippen molar-refractivity contribution in [1.82, 2.24) is 44.3 Å². The van der Waals surface area contributed by atoms with Gasteiger partial charge in [-0.1, -0.05) is 48.6 Å². The fraction of sp³-hybridized carbons (Fsp3) is 0.333. The van der Waals surface area contributed by atoms with E-state index in [1.54, 1.807) is 24.2 Å². The number of rotatable bonds is 7. The lowest BCUT2D eigenvalue weighted by molar-refractivity contribution is -0.138. The number of amides is 4. The van der Waals surface area contributed by atoms with E-state index in [0.717, 1.165) is 114 Å². The summed E-state index contributed by atoms with van der Waals surface area (Å²) in [4.78, 5) is 52.3. The Morgan fingerprint density at radius 1 is 0.605 bits per heavy atom. The SMILES string of the molecule is CC(=O)N1CC=C(c2c[nH]c3cc(C(F)(F)F)ccc23)CC1.CC(=O)N1CC=C(c2c[nH]c3ccc(C#N)cc23)CC1.CS(=O)(=O)N1CC=C(c2c[nH]c3cc(C(F)(F)F)ccc23)CC1.O=C(NCCO)N1CCC(c2c[nH]c3ccccc23)CC1. The number of carbonyl (C=O) groups is 3. The number of halogens is 6. The van der Waals surface area contributed by atoms with E-state index in [-0.39, 0.29) is 31.0 Å². The third-order valence-electron chi connectivity index (χ3n) is 16.0. The van der Waals surface area contributed by atoms with Crippen LogP contribution >= 0.6 is 0 Å². The van der Waals surface area contributed by atoms with E-state index in [2.05, 4.69) is 61.8 Å². The molecule has 0 bridgehead atoms. The first-order chi connectivity index (χ1) is 41.0. The van der Waals surface area contributed by atoms with Crippen LogP contribution in [-0.2, 0) is 32.0 Å². The van der Waals surface area contributed by atoms with E-state index in [9.17, 15) is 49.1 Å². The highest BCUT2D eigenvalue weighted by Gasteiger charge is 2.33. The molecular formula is C63H66F6N10O6S. The number of hydrogen-bond donors (Lipinski definition) is 6. The number of hydrogen-bond acceptors (Lipinski definition) is 7. The maximum Gasteiger partial charge on any atom is 0.416 e. The van der Waals surface area contributed by atoms with Gasteiger partial charge < -0.3 is 45.1 Å². The van der Waals surface area contributed by atoms with Crippen molar-refractivity contribution in [3.8, 4) is 6.07 Å². The maximum atomic E-state index is 12.7. The van der Waals surface area contributed by atoms with Crippen LogP contribution in [0.3, 0.4) is 0 Å². The Kier molecular flexibility index (Phi) is 19.0. The molecule has 86 heavy (non-hydrogen) atoms. The molecule has 4 aliphatic rings. The molecule has 6 N–H and O–H groups in total. The average molecular weight is 1210 g/mol. The Morgan fingerprint density at radius 3 is 1.56 bits per heavy atom. The third kappa shape index (κ3) is 14.5. The topological polar surface area (TPSA) is 218 Å². The molecule has 0 unspecified atom stereocenters. The number of urea groups is 1. The summed E-state index contributed by atoms with van der Waals surface area (Å²) in [5.41, 5.74) is 9.89. The van der Waals surface area contributed by atoms with Crippen LogP contribution in [0.4, 0.5) is 31.1 Å². The summed E-state index contributed by atoms with van der Waals surface area (Å²) in [5, 5.41) is 24.3. The van der Waals surface area contributed by atoms with Crippen LogP contribution in [0, 0.1) is 11.3 Å². The van der Waals surface area contributed by atoms with Gasteiger partial charge in [-0.3, -0.25) is 9.59 Å². The van der Waals surface area contributed by atoms with Crippen molar-refractivity contribution in [3.63, 3.8) is 0 Å². The first-order valence-electron chi connectivity index (χ1n) is 28.1. The number of piperidine rings is 1. The van der Waals surface area contributed by atoms with Crippen molar-refractivity contribution in [2.45, 2.75) is 64.2 Å². The van der Waals surface area contributed by atoms with E-state index in [1.807, 2.05) is 52.4 Å². The minimum atomic E-state index is -4.38. The van der Waals surface area contributed by atoms with Crippen molar-refractivity contribution in [3.05, 3.63) is 161 Å². The Labute approximate surface area is 492 Å². The summed E-state index contributed by atoms with van der Waals surface area (Å²) in [7, 11) is -3.23. The van der Waals surface area contributed by atoms with Crippen molar-refractivity contribution in [1.29, 1.82) is 5.26 Å². The number of aliphatic hydroxyl groups is 1. The molecule has 4 aliphatic heterocycles. The Hall–Kier alpha value is -8.59. The van der Waals surface area contributed by atoms with Crippen molar-refractivity contribution < 1.29 is 54.3 Å². The van der Waals surface area contributed by atoms with E-state index < -0.39 is 33.5 Å². The van der Waals surface area contributed by atoms with Crippen LogP contribution in [-0.4, -0.2) is 142 Å². The van der Waals surface area contributed by atoms with Crippen LogP contribution in [0.25, 0.3) is 60.3 Å². The van der Waals surface area contributed by atoms with E-state index in [0.29, 0.717) is 73.5 Å². The lowest BCUT2D eigenvalue weighted by Gasteiger charge is -2.32. The van der Waals surface area contributed by atoms with Gasteiger partial charge in [0.1, 0.15) is 0 Å². The molecule has 12 rings (SSSR count). The van der Waals surface area contributed by atoms with E-state index in [4.69, 9.17) is 10.4 Å². The molecule has 8 aromatic rings. The summed E-state index contributed by atoms with van der Waals surface area (Å²) >= 11 is 0. The number of benzene rings is 4. The highest BCUT2D eigenvalue weighted by molar-refractivity contribution is 7.88. The quantitative estimate of drug-likeness (QED) is 0.0848. The maximum absolute atomic E-state index is 12.7. The van der Waals surface area contributed by atoms with Gasteiger partial charge in [0.05, 0.1) is 35.6 Å². The van der Waals surface area contributed by atoms with Crippen molar-refractivity contribution >= 4 is 88.2 Å². The second kappa shape index (κ2) is 26.4. The highest BCUT2D eigenvalue weighted by Crippen LogP contribution is 2.38. The standard InChI is InChI=1S/C16H15F3N2O.C16H21N3O2.C16H15N3O.C15H15F3N2O2S/c1-10(22)21-6-4-11(5-7-21)14-9-20-15-8-12(16(17,18)19)2-3-13(14)15;20-10-7-17-16(21)19-8-5-12(6-9-19)14-11-18-15-4-2-1-3-13(14)15;1-11(20)19-6-4-13(5-7-19)15-10-18-16-3-2-12(9-17)8-14(15)16;1-23(21,22)20-6-4-10(5-7-20)13-9-19-14-8-11(15(16,17)18)2-3-12(13)14/h2-4,8-9,20H,5-7H2,1H3;1-4,11-12,18,20H,5-10H2,(H,17,21);2-4,8,10,18H,5-7H2,1H3;2-4,8-9,19H,5-7H2,1H3. The van der Waals surface area contributed by atoms with Gasteiger partial charge >= 0.3 is 18.4 Å². The van der Waals surface area contributed by atoms with Gasteiger partial charge in [0.25, 0.3) is 0 Å². The summed E-state index contributed by atoms with van der Waals surface area (Å²) in [6.07, 6.45) is 9.87. The van der Waals surface area contributed by atoms with Crippen LogP contribution in [0.1, 0.15) is 90.8 Å². The smallest absolute Gasteiger partial charge is 0.395 e. The van der Waals surface area contributed by atoms with Gasteiger partial charge in [-0.05, 0) is 109 Å². The zero-order chi connectivity index (χ0) is 61.5. The number of aromatic amines is 4. The number of fused-ring (bicyclic) bond motifs is 4. The number of nitrogens with one attached hydrogen (secondary N) is 5. The fourth-order valence-electron chi connectivity index (χ4n) is 11.3. The Morgan fingerprint density at radius 2 is 1.09 bits per heavy atom. The second-order valence-corrected chi connectivity index (χ2v) is 23.5. The van der Waals surface area contributed by atoms with Gasteiger partial charge in [0, 0.05) is 158 Å². The number of alkyl halides is 6. The number of carbonyl (C=O) groups excluding carboxylic acids is 3. The predicted octanol–water partition coefficient (Wildman–Crippen LogP) is 11.8. The number of sulfonamides is 1. The van der Waals surface area contributed by atoms with E-state index in [1.165, 1.54) is 45.4 Å². The highest BCUT2D eigenvalue weighted by atomic mass is 32.2.